The number of amides is 2. The minimum Gasteiger partial charge on any atom is -0.495 e. The summed E-state index contributed by atoms with van der Waals surface area (Å²) in [6.07, 6.45) is -4.67. The Morgan fingerprint density at radius 3 is 2.62 bits per heavy atom. The summed E-state index contributed by atoms with van der Waals surface area (Å²) < 4.78 is 44.8. The zero-order valence-corrected chi connectivity index (χ0v) is 18.6. The Bertz CT molecular complexity index is 1140. The highest BCUT2D eigenvalue weighted by Gasteiger charge is 2.35. The van der Waals surface area contributed by atoms with Crippen molar-refractivity contribution in [2.24, 2.45) is 0 Å². The van der Waals surface area contributed by atoms with E-state index in [1.54, 1.807) is 18.2 Å². The van der Waals surface area contributed by atoms with Gasteiger partial charge in [0.1, 0.15) is 5.75 Å². The lowest BCUT2D eigenvalue weighted by Crippen LogP contribution is -2.18. The first kappa shape index (κ1) is 23.8. The van der Waals surface area contributed by atoms with Gasteiger partial charge in [0.2, 0.25) is 11.0 Å². The van der Waals surface area contributed by atoms with Crippen LogP contribution in [0.5, 0.6) is 5.75 Å². The second-order valence-corrected chi connectivity index (χ2v) is 8.69. The number of halogens is 4. The first-order valence-electron chi connectivity index (χ1n) is 8.74. The van der Waals surface area contributed by atoms with Crippen molar-refractivity contribution in [3.63, 3.8) is 0 Å². The number of carbonyl (C=O) groups is 2. The van der Waals surface area contributed by atoms with Crippen molar-refractivity contribution in [1.29, 1.82) is 0 Å². The second kappa shape index (κ2) is 10.2. The fourth-order valence-corrected chi connectivity index (χ4v) is 4.22. The van der Waals surface area contributed by atoms with Crippen molar-refractivity contribution < 1.29 is 27.5 Å². The number of nitrogens with one attached hydrogen (secondary N) is 2. The molecule has 2 N–H and O–H groups in total. The molecule has 0 aliphatic rings. The van der Waals surface area contributed by atoms with Crippen LogP contribution in [0.15, 0.2) is 46.8 Å². The molecule has 0 unspecified atom stereocenters. The van der Waals surface area contributed by atoms with Gasteiger partial charge in [-0.15, -0.1) is 10.2 Å². The normalized spacial score (nSPS) is 11.2. The Morgan fingerprint density at radius 1 is 1.16 bits per heavy atom. The minimum absolute atomic E-state index is 0.00592. The second-order valence-electron chi connectivity index (χ2n) is 6.05. The molecule has 0 atom stereocenters. The molecule has 7 nitrogen and oxygen atoms in total. The van der Waals surface area contributed by atoms with E-state index in [9.17, 15) is 22.8 Å². The molecule has 1 heterocycles. The predicted octanol–water partition coefficient (Wildman–Crippen LogP) is 5.20. The van der Waals surface area contributed by atoms with E-state index in [4.69, 9.17) is 16.3 Å². The molecule has 0 radical (unpaired) electrons. The van der Waals surface area contributed by atoms with E-state index in [0.717, 1.165) is 35.2 Å². The van der Waals surface area contributed by atoms with E-state index in [1.807, 2.05) is 0 Å². The van der Waals surface area contributed by atoms with Gasteiger partial charge in [-0.05, 0) is 30.3 Å². The van der Waals surface area contributed by atoms with Gasteiger partial charge >= 0.3 is 6.18 Å². The third-order valence-corrected chi connectivity index (χ3v) is 6.07. The van der Waals surface area contributed by atoms with E-state index in [1.165, 1.54) is 19.2 Å². The summed E-state index contributed by atoms with van der Waals surface area (Å²) in [6, 6.07) is 9.20. The molecule has 0 saturated carbocycles. The maximum Gasteiger partial charge on any atom is 0.417 e. The van der Waals surface area contributed by atoms with Crippen LogP contribution in [0.2, 0.25) is 5.02 Å². The third kappa shape index (κ3) is 6.11. The smallest absolute Gasteiger partial charge is 0.417 e. The Kier molecular flexibility index (Phi) is 7.59. The van der Waals surface area contributed by atoms with Gasteiger partial charge < -0.3 is 10.1 Å². The third-order valence-electron chi connectivity index (χ3n) is 3.87. The number of rotatable bonds is 7. The van der Waals surface area contributed by atoms with E-state index < -0.39 is 23.2 Å². The van der Waals surface area contributed by atoms with Gasteiger partial charge in [-0.25, -0.2) is 0 Å². The molecule has 0 saturated heterocycles. The highest BCUT2D eigenvalue weighted by Crippen LogP contribution is 2.33. The molecular weight excluding hydrogens is 489 g/mol. The maximum absolute atomic E-state index is 13.1. The molecule has 0 aliphatic carbocycles. The Hall–Kier alpha value is -2.83. The number of anilines is 2. The average Bonchev–Trinajstić information content (AvgIpc) is 3.19. The lowest BCUT2D eigenvalue weighted by molar-refractivity contribution is -0.137. The van der Waals surface area contributed by atoms with Crippen molar-refractivity contribution in [2.45, 2.75) is 10.5 Å². The van der Waals surface area contributed by atoms with Crippen molar-refractivity contribution in [3.8, 4) is 5.75 Å². The number of alkyl halides is 3. The SMILES string of the molecule is COc1ccc(Cl)cc1NC(=O)CSc1nnc(NC(=O)c2ccccc2C(F)(F)F)s1. The van der Waals surface area contributed by atoms with Crippen LogP contribution in [0.1, 0.15) is 15.9 Å². The molecule has 0 fully saturated rings. The minimum atomic E-state index is -4.67. The van der Waals surface area contributed by atoms with E-state index in [2.05, 4.69) is 20.8 Å². The largest absolute Gasteiger partial charge is 0.495 e. The van der Waals surface area contributed by atoms with Crippen molar-refractivity contribution in [1.82, 2.24) is 10.2 Å². The summed E-state index contributed by atoms with van der Waals surface area (Å²) >= 11 is 7.90. The number of nitrogens with zero attached hydrogens (tertiary/aromatic N) is 2. The summed E-state index contributed by atoms with van der Waals surface area (Å²) in [5.41, 5.74) is -1.18. The van der Waals surface area contributed by atoms with Gasteiger partial charge in [0.15, 0.2) is 4.34 Å². The van der Waals surface area contributed by atoms with Crippen LogP contribution in [-0.4, -0.2) is 34.9 Å². The Morgan fingerprint density at radius 2 is 1.91 bits per heavy atom. The van der Waals surface area contributed by atoms with Crippen LogP contribution in [0.25, 0.3) is 0 Å². The van der Waals surface area contributed by atoms with Crippen LogP contribution in [0, 0.1) is 0 Å². The summed E-state index contributed by atoms with van der Waals surface area (Å²) in [7, 11) is 1.46. The molecule has 32 heavy (non-hydrogen) atoms. The molecule has 2 amide bonds. The number of benzene rings is 2. The van der Waals surface area contributed by atoms with Crippen LogP contribution in [0.3, 0.4) is 0 Å². The van der Waals surface area contributed by atoms with Gasteiger partial charge in [-0.1, -0.05) is 46.8 Å². The number of carbonyl (C=O) groups excluding carboxylic acids is 2. The highest BCUT2D eigenvalue weighted by molar-refractivity contribution is 8.01. The molecule has 2 aromatic carbocycles. The predicted molar refractivity (Wildman–Crippen MR) is 117 cm³/mol. The average molecular weight is 503 g/mol. The number of ether oxygens (including phenoxy) is 1. The first-order valence-corrected chi connectivity index (χ1v) is 10.9. The van der Waals surface area contributed by atoms with E-state index in [0.29, 0.717) is 20.8 Å². The lowest BCUT2D eigenvalue weighted by atomic mass is 10.1. The van der Waals surface area contributed by atoms with Crippen molar-refractivity contribution in [2.75, 3.05) is 23.5 Å². The number of thioether (sulfide) groups is 1. The van der Waals surface area contributed by atoms with Crippen LogP contribution in [0.4, 0.5) is 24.0 Å². The van der Waals surface area contributed by atoms with Crippen molar-refractivity contribution in [3.05, 3.63) is 58.6 Å². The van der Waals surface area contributed by atoms with Crippen LogP contribution >= 0.6 is 34.7 Å². The molecule has 0 bridgehead atoms. The first-order chi connectivity index (χ1) is 15.2. The highest BCUT2D eigenvalue weighted by atomic mass is 35.5. The molecule has 13 heteroatoms. The Balaban J connectivity index is 1.60. The van der Waals surface area contributed by atoms with E-state index >= 15 is 0 Å². The quantitative estimate of drug-likeness (QED) is 0.340. The molecule has 168 valence electrons. The fourth-order valence-electron chi connectivity index (χ4n) is 2.50. The topological polar surface area (TPSA) is 93.2 Å². The number of methoxy groups -OCH3 is 1. The molecule has 3 aromatic rings. The standard InChI is InChI=1S/C19H14ClF3N4O3S2/c1-30-14-7-6-10(20)8-13(14)24-15(28)9-31-18-27-26-17(32-18)25-16(29)11-4-2-3-5-12(11)19(21,22)23/h2-8H,9H2,1H3,(H,24,28)(H,25,26,29). The monoisotopic (exact) mass is 502 g/mol. The van der Waals surface area contributed by atoms with Crippen LogP contribution < -0.4 is 15.4 Å². The van der Waals surface area contributed by atoms with E-state index in [-0.39, 0.29) is 16.8 Å². The molecular formula is C19H14ClF3N4O3S2. The number of hydrogen-bond donors (Lipinski definition) is 2. The lowest BCUT2D eigenvalue weighted by Gasteiger charge is -2.11. The molecule has 3 rings (SSSR count). The van der Waals surface area contributed by atoms with Gasteiger partial charge in [0.05, 0.1) is 29.7 Å². The fraction of sp³-hybridized carbons (Fsp3) is 0.158. The molecule has 1 aromatic heterocycles. The van der Waals surface area contributed by atoms with Gasteiger partial charge in [-0.2, -0.15) is 13.2 Å². The summed E-state index contributed by atoms with van der Waals surface area (Å²) in [4.78, 5) is 24.5. The van der Waals surface area contributed by atoms with Gasteiger partial charge in [-0.3, -0.25) is 14.9 Å². The zero-order valence-electron chi connectivity index (χ0n) is 16.2. The molecule has 0 spiro atoms. The Labute approximate surface area is 193 Å². The zero-order chi connectivity index (χ0) is 23.3. The summed E-state index contributed by atoms with van der Waals surface area (Å²) in [5.74, 6) is -0.922. The summed E-state index contributed by atoms with van der Waals surface area (Å²) in [6.45, 7) is 0. The van der Waals surface area contributed by atoms with Gasteiger partial charge in [0, 0.05) is 5.02 Å². The maximum atomic E-state index is 13.1. The molecule has 0 aliphatic heterocycles. The number of hydrogen-bond acceptors (Lipinski definition) is 7. The van der Waals surface area contributed by atoms with Crippen molar-refractivity contribution >= 4 is 57.3 Å². The number of aromatic nitrogens is 2. The van der Waals surface area contributed by atoms with Gasteiger partial charge in [0.25, 0.3) is 5.91 Å². The summed E-state index contributed by atoms with van der Waals surface area (Å²) in [5, 5.41) is 13.0. The van der Waals surface area contributed by atoms with Crippen LogP contribution in [-0.2, 0) is 11.0 Å².